The summed E-state index contributed by atoms with van der Waals surface area (Å²) in [5.41, 5.74) is 4.07. The van der Waals surface area contributed by atoms with Gasteiger partial charge in [0.15, 0.2) is 0 Å². The minimum atomic E-state index is 0.171. The molecule has 24 heavy (non-hydrogen) atoms. The van der Waals surface area contributed by atoms with Gasteiger partial charge in [0.2, 0.25) is 0 Å². The topological polar surface area (TPSA) is 29.7 Å². The van der Waals surface area contributed by atoms with Gasteiger partial charge in [-0.3, -0.25) is 4.79 Å². The normalized spacial score (nSPS) is 25.2. The highest BCUT2D eigenvalue weighted by Gasteiger charge is 2.36. The summed E-state index contributed by atoms with van der Waals surface area (Å²) in [5, 5.41) is 0. The van der Waals surface area contributed by atoms with Crippen LogP contribution in [-0.4, -0.2) is 31.8 Å². The van der Waals surface area contributed by atoms with E-state index >= 15 is 0 Å². The number of hydrogen-bond acceptors (Lipinski definition) is 2. The zero-order valence-corrected chi connectivity index (χ0v) is 14.5. The SMILES string of the molecule is CN(C)c1ccc(C[NH+]2C[C@@H]3C[C@H](C2)c2cccc(=O)n2C3)cc1. The van der Waals surface area contributed by atoms with E-state index in [0.29, 0.717) is 11.8 Å². The van der Waals surface area contributed by atoms with E-state index in [9.17, 15) is 4.79 Å². The fourth-order valence-corrected chi connectivity index (χ4v) is 4.46. The van der Waals surface area contributed by atoms with Gasteiger partial charge in [0.25, 0.3) is 5.56 Å². The van der Waals surface area contributed by atoms with Crippen molar-refractivity contribution in [3.8, 4) is 0 Å². The van der Waals surface area contributed by atoms with Gasteiger partial charge in [-0.2, -0.15) is 0 Å². The van der Waals surface area contributed by atoms with E-state index in [1.807, 2.05) is 10.6 Å². The van der Waals surface area contributed by atoms with Gasteiger partial charge in [-0.05, 0) is 24.6 Å². The first kappa shape index (κ1) is 15.5. The molecular weight excluding hydrogens is 298 g/mol. The van der Waals surface area contributed by atoms with Crippen LogP contribution in [0.1, 0.15) is 23.6 Å². The zero-order valence-electron chi connectivity index (χ0n) is 14.5. The van der Waals surface area contributed by atoms with Crippen LogP contribution < -0.4 is 15.4 Å². The number of fused-ring (bicyclic) bond motifs is 4. The lowest BCUT2D eigenvalue weighted by molar-refractivity contribution is -0.924. The maximum Gasteiger partial charge on any atom is 0.250 e. The highest BCUT2D eigenvalue weighted by Crippen LogP contribution is 2.30. The number of quaternary nitrogens is 1. The van der Waals surface area contributed by atoms with E-state index < -0.39 is 0 Å². The molecule has 0 aliphatic carbocycles. The number of nitrogens with one attached hydrogen (secondary N) is 1. The van der Waals surface area contributed by atoms with Gasteiger partial charge >= 0.3 is 0 Å². The van der Waals surface area contributed by atoms with E-state index in [-0.39, 0.29) is 5.56 Å². The number of hydrogen-bond donors (Lipinski definition) is 1. The molecule has 2 aromatic rings. The van der Waals surface area contributed by atoms with E-state index in [1.54, 1.807) is 11.0 Å². The van der Waals surface area contributed by atoms with Crippen molar-refractivity contribution >= 4 is 5.69 Å². The summed E-state index contributed by atoms with van der Waals surface area (Å²) in [4.78, 5) is 15.9. The third-order valence-corrected chi connectivity index (χ3v) is 5.58. The summed E-state index contributed by atoms with van der Waals surface area (Å²) >= 11 is 0. The van der Waals surface area contributed by atoms with Gasteiger partial charge in [0.1, 0.15) is 6.54 Å². The Morgan fingerprint density at radius 2 is 1.92 bits per heavy atom. The Kier molecular flexibility index (Phi) is 3.93. The van der Waals surface area contributed by atoms with Crippen molar-refractivity contribution < 1.29 is 4.90 Å². The molecule has 2 aliphatic heterocycles. The fourth-order valence-electron chi connectivity index (χ4n) is 4.46. The largest absolute Gasteiger partial charge is 0.378 e. The average Bonchev–Trinajstić information content (AvgIpc) is 2.56. The van der Waals surface area contributed by atoms with Gasteiger partial charge in [-0.15, -0.1) is 0 Å². The second kappa shape index (κ2) is 6.10. The van der Waals surface area contributed by atoms with Crippen LogP contribution >= 0.6 is 0 Å². The fraction of sp³-hybridized carbons (Fsp3) is 0.450. The molecule has 2 bridgehead atoms. The maximum atomic E-state index is 12.1. The molecule has 1 aromatic carbocycles. The van der Waals surface area contributed by atoms with Crippen LogP contribution in [0.2, 0.25) is 0 Å². The highest BCUT2D eigenvalue weighted by atomic mass is 16.1. The molecule has 126 valence electrons. The van der Waals surface area contributed by atoms with Crippen LogP contribution in [0.5, 0.6) is 0 Å². The summed E-state index contributed by atoms with van der Waals surface area (Å²) in [6, 6.07) is 14.7. The Morgan fingerprint density at radius 3 is 2.67 bits per heavy atom. The van der Waals surface area contributed by atoms with Gasteiger partial charge < -0.3 is 14.4 Å². The Bertz CT molecular complexity index is 778. The van der Waals surface area contributed by atoms with Crippen LogP contribution in [0.3, 0.4) is 0 Å². The Labute approximate surface area is 143 Å². The Balaban J connectivity index is 1.51. The van der Waals surface area contributed by atoms with Crippen molar-refractivity contribution in [3.63, 3.8) is 0 Å². The number of piperidine rings is 1. The second-order valence-corrected chi connectivity index (χ2v) is 7.59. The molecule has 0 saturated carbocycles. The summed E-state index contributed by atoms with van der Waals surface area (Å²) in [6.07, 6.45) is 1.24. The number of nitrogens with zero attached hydrogens (tertiary/aromatic N) is 2. The van der Waals surface area contributed by atoms with E-state index in [4.69, 9.17) is 0 Å². The molecule has 1 unspecified atom stereocenters. The first-order valence-electron chi connectivity index (χ1n) is 8.90. The molecule has 3 heterocycles. The van der Waals surface area contributed by atoms with Crippen LogP contribution in [-0.2, 0) is 13.1 Å². The molecule has 4 heteroatoms. The molecule has 3 atom stereocenters. The van der Waals surface area contributed by atoms with Crippen LogP contribution in [0, 0.1) is 5.92 Å². The second-order valence-electron chi connectivity index (χ2n) is 7.59. The van der Waals surface area contributed by atoms with Gasteiger partial charge in [0, 0.05) is 55.5 Å². The molecule has 4 nitrogen and oxygen atoms in total. The Morgan fingerprint density at radius 1 is 1.12 bits per heavy atom. The summed E-state index contributed by atoms with van der Waals surface area (Å²) in [6.45, 7) is 4.29. The van der Waals surface area contributed by atoms with E-state index in [1.165, 1.54) is 29.9 Å². The van der Waals surface area contributed by atoms with Crippen molar-refractivity contribution in [2.45, 2.75) is 25.4 Å². The minimum Gasteiger partial charge on any atom is -0.378 e. The van der Waals surface area contributed by atoms with Crippen LogP contribution in [0.15, 0.2) is 47.3 Å². The molecule has 1 aromatic heterocycles. The van der Waals surface area contributed by atoms with Crippen molar-refractivity contribution in [3.05, 3.63) is 64.1 Å². The molecule has 0 amide bonds. The van der Waals surface area contributed by atoms with Crippen molar-refractivity contribution in [1.29, 1.82) is 0 Å². The van der Waals surface area contributed by atoms with Gasteiger partial charge in [-0.25, -0.2) is 0 Å². The lowest BCUT2D eigenvalue weighted by Gasteiger charge is -2.40. The summed E-state index contributed by atoms with van der Waals surface area (Å²) in [7, 11) is 4.15. The summed E-state index contributed by atoms with van der Waals surface area (Å²) in [5.74, 6) is 1.16. The number of rotatable bonds is 3. The predicted octanol–water partition coefficient (Wildman–Crippen LogP) is 1.12. The minimum absolute atomic E-state index is 0.171. The molecule has 0 radical (unpaired) electrons. The Hall–Kier alpha value is -2.07. The van der Waals surface area contributed by atoms with Crippen LogP contribution in [0.4, 0.5) is 5.69 Å². The molecular formula is C20H26N3O+. The molecule has 1 N–H and O–H groups in total. The van der Waals surface area contributed by atoms with Gasteiger partial charge in [0.05, 0.1) is 13.1 Å². The zero-order chi connectivity index (χ0) is 16.7. The number of anilines is 1. The van der Waals surface area contributed by atoms with E-state index in [2.05, 4.69) is 49.3 Å². The van der Waals surface area contributed by atoms with Crippen LogP contribution in [0.25, 0.3) is 0 Å². The number of likely N-dealkylation sites (tertiary alicyclic amines) is 1. The number of benzene rings is 1. The third kappa shape index (κ3) is 2.86. The number of pyridine rings is 1. The first-order chi connectivity index (χ1) is 11.6. The standard InChI is InChI=1S/C20H25N3O/c1-21(2)18-8-6-15(7-9-18)11-22-12-16-10-17(14-22)19-4-3-5-20(24)23(19)13-16/h3-9,16-17H,10-14H2,1-2H3/p+1/t16-,17+/m0/s1. The maximum absolute atomic E-state index is 12.1. The van der Waals surface area contributed by atoms with Crippen molar-refractivity contribution in [1.82, 2.24) is 4.57 Å². The average molecular weight is 324 g/mol. The van der Waals surface area contributed by atoms with Gasteiger partial charge in [-0.1, -0.05) is 18.2 Å². The monoisotopic (exact) mass is 324 g/mol. The molecule has 1 fully saturated rings. The molecule has 1 saturated heterocycles. The lowest BCUT2D eigenvalue weighted by atomic mass is 9.83. The molecule has 4 rings (SSSR count). The molecule has 0 spiro atoms. The summed E-state index contributed by atoms with van der Waals surface area (Å²) < 4.78 is 2.02. The first-order valence-corrected chi connectivity index (χ1v) is 8.90. The van der Waals surface area contributed by atoms with Crippen molar-refractivity contribution in [2.24, 2.45) is 5.92 Å². The van der Waals surface area contributed by atoms with E-state index in [0.717, 1.165) is 19.6 Å². The number of aromatic nitrogens is 1. The van der Waals surface area contributed by atoms with Crippen molar-refractivity contribution in [2.75, 3.05) is 32.1 Å². The lowest BCUT2D eigenvalue weighted by Crippen LogP contribution is -3.13. The third-order valence-electron chi connectivity index (χ3n) is 5.58. The highest BCUT2D eigenvalue weighted by molar-refractivity contribution is 5.45. The quantitative estimate of drug-likeness (QED) is 0.917. The smallest absolute Gasteiger partial charge is 0.250 e. The molecule has 2 aliphatic rings. The predicted molar refractivity (Wildman–Crippen MR) is 96.7 cm³/mol.